The van der Waals surface area contributed by atoms with Crippen LogP contribution in [-0.2, 0) is 38.1 Å². The van der Waals surface area contributed by atoms with Gasteiger partial charge in [-0.25, -0.2) is 0 Å². The topological polar surface area (TPSA) is 121 Å². The van der Waals surface area contributed by atoms with Gasteiger partial charge in [0.2, 0.25) is 0 Å². The van der Waals surface area contributed by atoms with Gasteiger partial charge in [0.1, 0.15) is 36.6 Å². The third-order valence-electron chi connectivity index (χ3n) is 7.88. The van der Waals surface area contributed by atoms with Crippen LogP contribution in [0.25, 0.3) is 0 Å². The van der Waals surface area contributed by atoms with Crippen molar-refractivity contribution in [1.29, 1.82) is 0 Å². The molecule has 8 atom stereocenters. The molecule has 178 valence electrons. The van der Waals surface area contributed by atoms with Crippen LogP contribution in [0.5, 0.6) is 0 Å². The Kier molecular flexibility index (Phi) is 5.66. The second kappa shape index (κ2) is 7.81. The maximum atomic E-state index is 12.3. The van der Waals surface area contributed by atoms with Gasteiger partial charge in [-0.3, -0.25) is 14.4 Å². The molecule has 1 N–H and O–H groups in total. The number of rotatable bonds is 6. The van der Waals surface area contributed by atoms with E-state index in [1.54, 1.807) is 0 Å². The smallest absolute Gasteiger partial charge is 0.306 e. The Bertz CT molecular complexity index is 846. The molecule has 9 heteroatoms. The van der Waals surface area contributed by atoms with Crippen LogP contribution in [0.1, 0.15) is 53.9 Å². The number of hydrogen-bond donors (Lipinski definition) is 1. The molecule has 0 aromatic carbocycles. The van der Waals surface area contributed by atoms with Crippen LogP contribution in [0.2, 0.25) is 0 Å². The molecule has 3 fully saturated rings. The Balaban J connectivity index is 1.82. The zero-order valence-electron chi connectivity index (χ0n) is 19.2. The summed E-state index contributed by atoms with van der Waals surface area (Å²) in [6.07, 6.45) is -0.755. The number of carbonyl (C=O) groups is 3. The van der Waals surface area contributed by atoms with Crippen molar-refractivity contribution in [2.24, 2.45) is 10.8 Å². The van der Waals surface area contributed by atoms with E-state index in [0.29, 0.717) is 19.4 Å². The Hall–Kier alpha value is -1.97. The third-order valence-corrected chi connectivity index (χ3v) is 7.88. The summed E-state index contributed by atoms with van der Waals surface area (Å²) in [7, 11) is 0. The molecular weight excluding hydrogens is 420 g/mol. The molecule has 32 heavy (non-hydrogen) atoms. The number of ether oxygens (including phenoxy) is 5. The second-order valence-electron chi connectivity index (χ2n) is 9.66. The lowest BCUT2D eigenvalue weighted by Gasteiger charge is -2.58. The normalized spacial score (nSPS) is 43.8. The van der Waals surface area contributed by atoms with Gasteiger partial charge in [-0.2, -0.15) is 0 Å². The third kappa shape index (κ3) is 3.12. The minimum atomic E-state index is -1.11. The lowest BCUT2D eigenvalue weighted by atomic mass is 9.51. The summed E-state index contributed by atoms with van der Waals surface area (Å²) in [4.78, 5) is 36.2. The van der Waals surface area contributed by atoms with Crippen LogP contribution in [0.4, 0.5) is 0 Å². The van der Waals surface area contributed by atoms with E-state index < -0.39 is 58.9 Å². The lowest BCUT2D eigenvalue weighted by molar-refractivity contribution is -0.241. The number of fused-ring (bicyclic) bond motifs is 2. The predicted molar refractivity (Wildman–Crippen MR) is 109 cm³/mol. The summed E-state index contributed by atoms with van der Waals surface area (Å²) < 4.78 is 29.3. The minimum absolute atomic E-state index is 0.0581. The monoisotopic (exact) mass is 452 g/mol. The first-order valence-electron chi connectivity index (χ1n) is 11.2. The molecule has 0 aromatic heterocycles. The number of carbonyl (C=O) groups excluding carboxylic acids is 3. The molecule has 4 rings (SSSR count). The van der Waals surface area contributed by atoms with Crippen LogP contribution >= 0.6 is 0 Å². The highest BCUT2D eigenvalue weighted by Gasteiger charge is 2.86. The van der Waals surface area contributed by atoms with Gasteiger partial charge in [-0.1, -0.05) is 19.9 Å². The molecule has 2 heterocycles. The fourth-order valence-electron chi connectivity index (χ4n) is 6.14. The summed E-state index contributed by atoms with van der Waals surface area (Å²) in [6, 6.07) is 0. The fraction of sp³-hybridized carbons (Fsp3) is 0.783. The first kappa shape index (κ1) is 23.2. The number of hydrogen-bond acceptors (Lipinski definition) is 9. The second-order valence-corrected chi connectivity index (χ2v) is 9.66. The average molecular weight is 453 g/mol. The van der Waals surface area contributed by atoms with E-state index in [1.165, 1.54) is 13.8 Å². The highest BCUT2D eigenvalue weighted by molar-refractivity contribution is 5.70. The SMILES string of the molecule is CCCC(=O)O[C@@H]1C[C@]2(COC(C)=O)[C@H](C=C1C)O[C@H]1[C@@H](O)[C@@H](OC(C)=O)[C@]2(C)C12CO2. The van der Waals surface area contributed by atoms with Gasteiger partial charge < -0.3 is 28.8 Å². The van der Waals surface area contributed by atoms with Crippen molar-refractivity contribution in [2.45, 2.75) is 90.0 Å². The molecular formula is C23H32O9. The molecule has 9 nitrogen and oxygen atoms in total. The van der Waals surface area contributed by atoms with Crippen LogP contribution < -0.4 is 0 Å². The molecule has 0 amide bonds. The van der Waals surface area contributed by atoms with E-state index in [4.69, 9.17) is 23.7 Å². The molecule has 0 radical (unpaired) electrons. The highest BCUT2D eigenvalue weighted by Crippen LogP contribution is 2.72. The highest BCUT2D eigenvalue weighted by atomic mass is 16.7. The minimum Gasteiger partial charge on any atom is -0.465 e. The summed E-state index contributed by atoms with van der Waals surface area (Å²) >= 11 is 0. The van der Waals surface area contributed by atoms with E-state index >= 15 is 0 Å². The fourth-order valence-corrected chi connectivity index (χ4v) is 6.14. The molecule has 2 saturated heterocycles. The maximum Gasteiger partial charge on any atom is 0.306 e. The van der Waals surface area contributed by atoms with Gasteiger partial charge in [-0.15, -0.1) is 0 Å². The van der Waals surface area contributed by atoms with Crippen molar-refractivity contribution >= 4 is 17.9 Å². The maximum absolute atomic E-state index is 12.3. The van der Waals surface area contributed by atoms with Gasteiger partial charge in [0.15, 0.2) is 0 Å². The van der Waals surface area contributed by atoms with E-state index in [1.807, 2.05) is 26.8 Å². The molecule has 2 bridgehead atoms. The molecule has 4 aliphatic rings. The molecule has 1 spiro atoms. The molecule has 2 aliphatic heterocycles. The zero-order valence-corrected chi connectivity index (χ0v) is 19.2. The van der Waals surface area contributed by atoms with Crippen LogP contribution in [0, 0.1) is 10.8 Å². The summed E-state index contributed by atoms with van der Waals surface area (Å²) in [5.41, 5.74) is -1.98. The quantitative estimate of drug-likeness (QED) is 0.276. The van der Waals surface area contributed by atoms with Gasteiger partial charge in [0, 0.05) is 26.7 Å². The Morgan fingerprint density at radius 3 is 2.47 bits per heavy atom. The molecule has 1 unspecified atom stereocenters. The Morgan fingerprint density at radius 1 is 1.22 bits per heavy atom. The predicted octanol–water partition coefficient (Wildman–Crippen LogP) is 1.45. The average Bonchev–Trinajstić information content (AvgIpc) is 3.49. The summed E-state index contributed by atoms with van der Waals surface area (Å²) in [6.45, 7) is 8.53. The van der Waals surface area contributed by atoms with Crippen molar-refractivity contribution in [3.63, 3.8) is 0 Å². The standard InChI is InChI=1S/C23H32O9/c1-6-7-17(26)31-15-9-22(10-28-13(3)24)16(8-12(15)2)32-20-18(27)19(30-14(4)25)21(22,5)23(20)11-29-23/h8,15-16,18-20,27H,6-7,9-11H2,1-5H3/t15-,16+,18+,19-,20+,21+,22+,23?/m1/s1. The number of aliphatic hydroxyl groups excluding tert-OH is 1. The van der Waals surface area contributed by atoms with E-state index in [2.05, 4.69) is 0 Å². The summed E-state index contributed by atoms with van der Waals surface area (Å²) in [5.74, 6) is -1.32. The van der Waals surface area contributed by atoms with Crippen molar-refractivity contribution in [2.75, 3.05) is 13.2 Å². The van der Waals surface area contributed by atoms with Gasteiger partial charge >= 0.3 is 17.9 Å². The van der Waals surface area contributed by atoms with Crippen molar-refractivity contribution in [1.82, 2.24) is 0 Å². The van der Waals surface area contributed by atoms with E-state index in [0.717, 1.165) is 5.57 Å². The first-order valence-corrected chi connectivity index (χ1v) is 11.2. The van der Waals surface area contributed by atoms with Gasteiger partial charge in [-0.05, 0) is 18.9 Å². The van der Waals surface area contributed by atoms with Crippen LogP contribution in [0.15, 0.2) is 11.6 Å². The van der Waals surface area contributed by atoms with Gasteiger partial charge in [0.25, 0.3) is 0 Å². The molecule has 1 saturated carbocycles. The number of aliphatic hydroxyl groups is 1. The van der Waals surface area contributed by atoms with E-state index in [-0.39, 0.29) is 19.0 Å². The first-order chi connectivity index (χ1) is 15.0. The van der Waals surface area contributed by atoms with Crippen molar-refractivity contribution < 1.29 is 43.2 Å². The Labute approximate surface area is 187 Å². The van der Waals surface area contributed by atoms with E-state index in [9.17, 15) is 19.5 Å². The van der Waals surface area contributed by atoms with Crippen molar-refractivity contribution in [3.05, 3.63) is 11.6 Å². The zero-order chi connectivity index (χ0) is 23.5. The van der Waals surface area contributed by atoms with Gasteiger partial charge in [0.05, 0.1) is 23.5 Å². The lowest BCUT2D eigenvalue weighted by Crippen LogP contribution is -2.68. The molecule has 0 aromatic rings. The summed E-state index contributed by atoms with van der Waals surface area (Å²) in [5, 5.41) is 11.1. The number of esters is 3. The number of epoxide rings is 1. The Morgan fingerprint density at radius 2 is 1.91 bits per heavy atom. The van der Waals surface area contributed by atoms with Crippen molar-refractivity contribution in [3.8, 4) is 0 Å². The largest absolute Gasteiger partial charge is 0.465 e. The van der Waals surface area contributed by atoms with Crippen LogP contribution in [-0.4, -0.2) is 72.3 Å². The van der Waals surface area contributed by atoms with Crippen LogP contribution in [0.3, 0.4) is 0 Å². The molecule has 2 aliphatic carbocycles.